The van der Waals surface area contributed by atoms with Crippen molar-refractivity contribution in [3.63, 3.8) is 0 Å². The van der Waals surface area contributed by atoms with Crippen LogP contribution in [0.25, 0.3) is 0 Å². The molecule has 2 aromatic rings. The molecule has 3 rings (SSSR count). The molecule has 3 heterocycles. The fourth-order valence-electron chi connectivity index (χ4n) is 2.40. The number of alkyl halides is 2. The van der Waals surface area contributed by atoms with Crippen LogP contribution in [0.5, 0.6) is 0 Å². The van der Waals surface area contributed by atoms with Crippen molar-refractivity contribution in [2.24, 2.45) is 0 Å². The van der Waals surface area contributed by atoms with Gasteiger partial charge < -0.3 is 9.80 Å². The zero-order chi connectivity index (χ0) is 15.5. The summed E-state index contributed by atoms with van der Waals surface area (Å²) in [7, 11) is 0. The van der Waals surface area contributed by atoms with Crippen LogP contribution < -0.4 is 9.80 Å². The van der Waals surface area contributed by atoms with Crippen molar-refractivity contribution in [3.8, 4) is 0 Å². The summed E-state index contributed by atoms with van der Waals surface area (Å²) >= 11 is 0. The second-order valence-electron chi connectivity index (χ2n) is 4.91. The molecule has 0 radical (unpaired) electrons. The summed E-state index contributed by atoms with van der Waals surface area (Å²) in [6.45, 7) is 2.64. The van der Waals surface area contributed by atoms with E-state index in [1.54, 1.807) is 6.07 Å². The molecule has 0 spiro atoms. The van der Waals surface area contributed by atoms with Gasteiger partial charge in [0.15, 0.2) is 0 Å². The molecule has 0 N–H and O–H groups in total. The molecule has 0 unspecified atom stereocenters. The first-order valence-corrected chi connectivity index (χ1v) is 6.85. The Labute approximate surface area is 125 Å². The summed E-state index contributed by atoms with van der Waals surface area (Å²) in [5.41, 5.74) is 0.576. The Kier molecular flexibility index (Phi) is 4.08. The van der Waals surface area contributed by atoms with E-state index in [0.717, 1.165) is 12.0 Å². The predicted molar refractivity (Wildman–Crippen MR) is 75.6 cm³/mol. The van der Waals surface area contributed by atoms with Gasteiger partial charge in [-0.1, -0.05) is 0 Å². The second kappa shape index (κ2) is 6.17. The van der Waals surface area contributed by atoms with Gasteiger partial charge in [0.1, 0.15) is 17.8 Å². The quantitative estimate of drug-likeness (QED) is 0.814. The van der Waals surface area contributed by atoms with Crippen LogP contribution in [0, 0.1) is 5.95 Å². The van der Waals surface area contributed by atoms with Crippen LogP contribution in [0.1, 0.15) is 12.1 Å². The molecule has 0 aliphatic carbocycles. The van der Waals surface area contributed by atoms with Gasteiger partial charge in [-0.05, 0) is 12.1 Å². The lowest BCUT2D eigenvalue weighted by Gasteiger charge is -2.36. The second-order valence-corrected chi connectivity index (χ2v) is 4.91. The van der Waals surface area contributed by atoms with Crippen LogP contribution in [-0.2, 0) is 0 Å². The zero-order valence-electron chi connectivity index (χ0n) is 11.7. The SMILES string of the molecule is Fc1ccc(N2CCN(c3cc(C(F)F)ncn3)CC2)cn1. The number of anilines is 2. The fourth-order valence-corrected chi connectivity index (χ4v) is 2.40. The lowest BCUT2D eigenvalue weighted by atomic mass is 10.2. The van der Waals surface area contributed by atoms with E-state index in [1.165, 1.54) is 18.3 Å². The van der Waals surface area contributed by atoms with E-state index >= 15 is 0 Å². The van der Waals surface area contributed by atoms with Crippen LogP contribution in [0.3, 0.4) is 0 Å². The Morgan fingerprint density at radius 3 is 2.32 bits per heavy atom. The Morgan fingerprint density at radius 2 is 1.68 bits per heavy atom. The standard InChI is InChI=1S/C14H14F3N5/c15-12-2-1-10(8-18-12)21-3-5-22(6-4-21)13-7-11(14(16)17)19-9-20-13/h1-2,7-9,14H,3-6H2. The van der Waals surface area contributed by atoms with Gasteiger partial charge in [0.05, 0.1) is 11.9 Å². The fraction of sp³-hybridized carbons (Fsp3) is 0.357. The van der Waals surface area contributed by atoms with E-state index in [9.17, 15) is 13.2 Å². The topological polar surface area (TPSA) is 45.2 Å². The largest absolute Gasteiger partial charge is 0.367 e. The highest BCUT2D eigenvalue weighted by Gasteiger charge is 2.20. The minimum Gasteiger partial charge on any atom is -0.367 e. The molecule has 0 bridgehead atoms. The van der Waals surface area contributed by atoms with Gasteiger partial charge in [-0.25, -0.2) is 23.7 Å². The number of piperazine rings is 1. The number of halogens is 3. The highest BCUT2D eigenvalue weighted by atomic mass is 19.3. The van der Waals surface area contributed by atoms with Crippen molar-refractivity contribution in [3.05, 3.63) is 42.4 Å². The van der Waals surface area contributed by atoms with Gasteiger partial charge in [-0.15, -0.1) is 0 Å². The lowest BCUT2D eigenvalue weighted by Crippen LogP contribution is -2.46. The molecule has 0 aromatic carbocycles. The van der Waals surface area contributed by atoms with Gasteiger partial charge in [-0.2, -0.15) is 4.39 Å². The monoisotopic (exact) mass is 309 g/mol. The number of aromatic nitrogens is 3. The van der Waals surface area contributed by atoms with Crippen LogP contribution in [0.2, 0.25) is 0 Å². The first-order valence-electron chi connectivity index (χ1n) is 6.85. The molecule has 1 fully saturated rings. The van der Waals surface area contributed by atoms with Crippen LogP contribution >= 0.6 is 0 Å². The summed E-state index contributed by atoms with van der Waals surface area (Å²) < 4.78 is 38.2. The Bertz CT molecular complexity index is 627. The van der Waals surface area contributed by atoms with Gasteiger partial charge in [-0.3, -0.25) is 0 Å². The van der Waals surface area contributed by atoms with E-state index in [2.05, 4.69) is 19.9 Å². The van der Waals surface area contributed by atoms with Gasteiger partial charge in [0.2, 0.25) is 5.95 Å². The van der Waals surface area contributed by atoms with Crippen LogP contribution in [-0.4, -0.2) is 41.1 Å². The van der Waals surface area contributed by atoms with Gasteiger partial charge >= 0.3 is 0 Å². The average Bonchev–Trinajstić information content (AvgIpc) is 2.56. The van der Waals surface area contributed by atoms with E-state index in [0.29, 0.717) is 32.0 Å². The molecule has 1 aliphatic rings. The maximum absolute atomic E-state index is 12.8. The smallest absolute Gasteiger partial charge is 0.280 e. The molecule has 22 heavy (non-hydrogen) atoms. The summed E-state index contributed by atoms with van der Waals surface area (Å²) in [5.74, 6) is -0.00918. The van der Waals surface area contributed by atoms with Crippen molar-refractivity contribution in [1.29, 1.82) is 0 Å². The molecule has 2 aromatic heterocycles. The summed E-state index contributed by atoms with van der Waals surface area (Å²) in [6, 6.07) is 4.32. The zero-order valence-corrected chi connectivity index (χ0v) is 11.7. The summed E-state index contributed by atoms with van der Waals surface area (Å²) in [4.78, 5) is 15.3. The van der Waals surface area contributed by atoms with E-state index in [1.807, 2.05) is 4.90 Å². The maximum atomic E-state index is 12.8. The Morgan fingerprint density at radius 1 is 0.955 bits per heavy atom. The van der Waals surface area contributed by atoms with E-state index in [-0.39, 0.29) is 5.69 Å². The molecule has 0 amide bonds. The van der Waals surface area contributed by atoms with E-state index in [4.69, 9.17) is 0 Å². The Hall–Kier alpha value is -2.38. The van der Waals surface area contributed by atoms with Crippen molar-refractivity contribution in [2.75, 3.05) is 36.0 Å². The van der Waals surface area contributed by atoms with Crippen LogP contribution in [0.15, 0.2) is 30.7 Å². The molecule has 0 atom stereocenters. The van der Waals surface area contributed by atoms with Crippen LogP contribution in [0.4, 0.5) is 24.7 Å². The molecular weight excluding hydrogens is 295 g/mol. The number of hydrogen-bond donors (Lipinski definition) is 0. The Balaban J connectivity index is 1.66. The van der Waals surface area contributed by atoms with Gasteiger partial charge in [0.25, 0.3) is 6.43 Å². The predicted octanol–water partition coefficient (Wildman–Crippen LogP) is 2.27. The van der Waals surface area contributed by atoms with Crippen molar-refractivity contribution < 1.29 is 13.2 Å². The molecule has 8 heteroatoms. The number of pyridine rings is 1. The normalized spacial score (nSPS) is 15.5. The first-order chi connectivity index (χ1) is 10.6. The van der Waals surface area contributed by atoms with Gasteiger partial charge in [0, 0.05) is 32.2 Å². The molecule has 1 aliphatic heterocycles. The number of hydrogen-bond acceptors (Lipinski definition) is 5. The molecule has 5 nitrogen and oxygen atoms in total. The lowest BCUT2D eigenvalue weighted by molar-refractivity contribution is 0.146. The highest BCUT2D eigenvalue weighted by molar-refractivity contribution is 5.47. The number of nitrogens with zero attached hydrogens (tertiary/aromatic N) is 5. The summed E-state index contributed by atoms with van der Waals surface area (Å²) in [5, 5.41) is 0. The van der Waals surface area contributed by atoms with E-state index < -0.39 is 12.4 Å². The summed E-state index contributed by atoms with van der Waals surface area (Å²) in [6.07, 6.45) is 0.0471. The van der Waals surface area contributed by atoms with Crippen molar-refractivity contribution in [2.45, 2.75) is 6.43 Å². The highest BCUT2D eigenvalue weighted by Crippen LogP contribution is 2.22. The minimum atomic E-state index is -2.60. The molecule has 0 saturated carbocycles. The third kappa shape index (κ3) is 3.10. The minimum absolute atomic E-state index is 0.268. The maximum Gasteiger partial charge on any atom is 0.280 e. The first kappa shape index (κ1) is 14.6. The third-order valence-corrected chi connectivity index (χ3v) is 3.58. The van der Waals surface area contributed by atoms with Crippen molar-refractivity contribution >= 4 is 11.5 Å². The van der Waals surface area contributed by atoms with Crippen molar-refractivity contribution in [1.82, 2.24) is 15.0 Å². The third-order valence-electron chi connectivity index (χ3n) is 3.58. The molecule has 116 valence electrons. The molecular formula is C14H14F3N5. The average molecular weight is 309 g/mol. The number of rotatable bonds is 3. The molecule has 1 saturated heterocycles.